The predicted molar refractivity (Wildman–Crippen MR) is 68.6 cm³/mol. The summed E-state index contributed by atoms with van der Waals surface area (Å²) in [6.45, 7) is 5.83. The molecule has 1 N–H and O–H groups in total. The minimum absolute atomic E-state index is 0.0732. The summed E-state index contributed by atoms with van der Waals surface area (Å²) in [5.41, 5.74) is 2.47. The number of hydrogen-bond acceptors (Lipinski definition) is 3. The Morgan fingerprint density at radius 3 is 2.47 bits per heavy atom. The zero-order chi connectivity index (χ0) is 12.5. The zero-order valence-corrected chi connectivity index (χ0v) is 11.0. The van der Waals surface area contributed by atoms with Gasteiger partial charge in [0, 0.05) is 5.56 Å². The van der Waals surface area contributed by atoms with Crippen LogP contribution in [0.4, 0.5) is 0 Å². The van der Waals surface area contributed by atoms with Crippen LogP contribution in [0.1, 0.15) is 30.9 Å². The molecule has 0 aliphatic carbocycles. The van der Waals surface area contributed by atoms with Crippen LogP contribution >= 0.6 is 0 Å². The highest BCUT2D eigenvalue weighted by Gasteiger charge is 2.41. The highest BCUT2D eigenvalue weighted by molar-refractivity contribution is 5.44. The van der Waals surface area contributed by atoms with Crippen molar-refractivity contribution in [2.75, 3.05) is 27.4 Å². The van der Waals surface area contributed by atoms with Crippen LogP contribution in [0, 0.1) is 0 Å². The van der Waals surface area contributed by atoms with Crippen LogP contribution in [0.25, 0.3) is 0 Å². The van der Waals surface area contributed by atoms with Crippen molar-refractivity contribution in [1.82, 2.24) is 5.32 Å². The quantitative estimate of drug-likeness (QED) is 0.868. The average Bonchev–Trinajstić information content (AvgIpc) is 2.28. The molecule has 0 amide bonds. The molecule has 1 fully saturated rings. The number of rotatable bonds is 4. The summed E-state index contributed by atoms with van der Waals surface area (Å²) < 4.78 is 10.8. The van der Waals surface area contributed by atoms with E-state index in [0.717, 1.165) is 5.75 Å². The molecule has 0 bridgehead atoms. The van der Waals surface area contributed by atoms with E-state index >= 15 is 0 Å². The number of nitrogens with one attached hydrogen (secondary N) is 1. The zero-order valence-electron chi connectivity index (χ0n) is 11.0. The first-order valence-corrected chi connectivity index (χ1v) is 6.08. The molecule has 0 aromatic heterocycles. The van der Waals surface area contributed by atoms with Gasteiger partial charge in [-0.2, -0.15) is 0 Å². The molecule has 94 valence electrons. The van der Waals surface area contributed by atoms with E-state index in [2.05, 4.69) is 37.4 Å². The molecule has 1 heterocycles. The summed E-state index contributed by atoms with van der Waals surface area (Å²) in [7, 11) is 3.70. The Kier molecular flexibility index (Phi) is 3.40. The fourth-order valence-corrected chi connectivity index (χ4v) is 2.20. The molecule has 1 aliphatic rings. The van der Waals surface area contributed by atoms with Crippen LogP contribution in [0.2, 0.25) is 0 Å². The van der Waals surface area contributed by atoms with Crippen molar-refractivity contribution in [3.63, 3.8) is 0 Å². The number of likely N-dealkylation sites (N-methyl/N-ethyl adjacent to an activating group) is 1. The monoisotopic (exact) mass is 235 g/mol. The topological polar surface area (TPSA) is 30.5 Å². The molecule has 1 saturated heterocycles. The van der Waals surface area contributed by atoms with Gasteiger partial charge >= 0.3 is 0 Å². The third-order valence-electron chi connectivity index (χ3n) is 3.58. The molecule has 0 saturated carbocycles. The van der Waals surface area contributed by atoms with Crippen LogP contribution in [0.15, 0.2) is 18.2 Å². The molecule has 3 heteroatoms. The van der Waals surface area contributed by atoms with Crippen LogP contribution in [-0.4, -0.2) is 27.4 Å². The minimum Gasteiger partial charge on any atom is -0.496 e. The van der Waals surface area contributed by atoms with Gasteiger partial charge in [0.2, 0.25) is 0 Å². The number of benzene rings is 1. The molecule has 2 rings (SSSR count). The van der Waals surface area contributed by atoms with Crippen molar-refractivity contribution in [1.29, 1.82) is 0 Å². The fraction of sp³-hybridized carbons (Fsp3) is 0.571. The molecule has 0 atom stereocenters. The molecule has 17 heavy (non-hydrogen) atoms. The summed E-state index contributed by atoms with van der Waals surface area (Å²) >= 11 is 0. The summed E-state index contributed by atoms with van der Waals surface area (Å²) in [5, 5.41) is 3.37. The number of hydrogen-bond donors (Lipinski definition) is 1. The van der Waals surface area contributed by atoms with E-state index in [1.54, 1.807) is 7.11 Å². The Balaban J connectivity index is 2.45. The van der Waals surface area contributed by atoms with Crippen LogP contribution < -0.4 is 10.1 Å². The lowest BCUT2D eigenvalue weighted by molar-refractivity contribution is -0.0757. The van der Waals surface area contributed by atoms with E-state index in [1.807, 2.05) is 7.05 Å². The van der Waals surface area contributed by atoms with E-state index in [1.165, 1.54) is 11.1 Å². The molecule has 3 nitrogen and oxygen atoms in total. The van der Waals surface area contributed by atoms with Gasteiger partial charge in [0.15, 0.2) is 0 Å². The lowest BCUT2D eigenvalue weighted by Crippen LogP contribution is -2.56. The SMILES string of the molecule is CNC1(c2cc(C(C)C)ccc2OC)COC1. The van der Waals surface area contributed by atoms with Gasteiger partial charge in [0.1, 0.15) is 5.75 Å². The van der Waals surface area contributed by atoms with Crippen LogP contribution in [0.3, 0.4) is 0 Å². The van der Waals surface area contributed by atoms with Crippen molar-refractivity contribution in [2.24, 2.45) is 0 Å². The summed E-state index contributed by atoms with van der Waals surface area (Å²) in [4.78, 5) is 0. The maximum atomic E-state index is 5.47. The van der Waals surface area contributed by atoms with Gasteiger partial charge in [-0.25, -0.2) is 0 Å². The van der Waals surface area contributed by atoms with E-state index in [-0.39, 0.29) is 5.54 Å². The van der Waals surface area contributed by atoms with Crippen molar-refractivity contribution in [2.45, 2.75) is 25.3 Å². The largest absolute Gasteiger partial charge is 0.496 e. The molecule has 0 unspecified atom stereocenters. The first kappa shape index (κ1) is 12.4. The van der Waals surface area contributed by atoms with Crippen LogP contribution in [-0.2, 0) is 10.3 Å². The fourth-order valence-electron chi connectivity index (χ4n) is 2.20. The normalized spacial score (nSPS) is 17.9. The highest BCUT2D eigenvalue weighted by atomic mass is 16.5. The van der Waals surface area contributed by atoms with E-state index in [9.17, 15) is 0 Å². The van der Waals surface area contributed by atoms with Gasteiger partial charge in [0.25, 0.3) is 0 Å². The third-order valence-corrected chi connectivity index (χ3v) is 3.58. The summed E-state index contributed by atoms with van der Waals surface area (Å²) in [6, 6.07) is 6.43. The van der Waals surface area contributed by atoms with Crippen molar-refractivity contribution >= 4 is 0 Å². The molecule has 1 aromatic rings. The Morgan fingerprint density at radius 2 is 2.06 bits per heavy atom. The van der Waals surface area contributed by atoms with Crippen molar-refractivity contribution in [3.8, 4) is 5.75 Å². The second-order valence-electron chi connectivity index (χ2n) is 4.94. The lowest BCUT2D eigenvalue weighted by Gasteiger charge is -2.42. The van der Waals surface area contributed by atoms with Gasteiger partial charge in [0.05, 0.1) is 25.9 Å². The van der Waals surface area contributed by atoms with Gasteiger partial charge in [-0.1, -0.05) is 19.9 Å². The molecular formula is C14H21NO2. The molecule has 0 radical (unpaired) electrons. The van der Waals surface area contributed by atoms with Gasteiger partial charge in [-0.15, -0.1) is 0 Å². The summed E-state index contributed by atoms with van der Waals surface area (Å²) in [5.74, 6) is 1.46. The Morgan fingerprint density at radius 1 is 1.35 bits per heavy atom. The molecule has 1 aliphatic heterocycles. The van der Waals surface area contributed by atoms with Gasteiger partial charge in [-0.3, -0.25) is 0 Å². The third kappa shape index (κ3) is 2.05. The van der Waals surface area contributed by atoms with E-state index in [4.69, 9.17) is 9.47 Å². The number of methoxy groups -OCH3 is 1. The van der Waals surface area contributed by atoms with Gasteiger partial charge < -0.3 is 14.8 Å². The predicted octanol–water partition coefficient (Wildman–Crippen LogP) is 2.26. The van der Waals surface area contributed by atoms with Crippen molar-refractivity contribution < 1.29 is 9.47 Å². The van der Waals surface area contributed by atoms with E-state index < -0.39 is 0 Å². The first-order valence-electron chi connectivity index (χ1n) is 6.08. The summed E-state index contributed by atoms with van der Waals surface area (Å²) in [6.07, 6.45) is 0. The van der Waals surface area contributed by atoms with Gasteiger partial charge in [-0.05, 0) is 30.7 Å². The van der Waals surface area contributed by atoms with Crippen LogP contribution in [0.5, 0.6) is 5.75 Å². The maximum Gasteiger partial charge on any atom is 0.124 e. The maximum absolute atomic E-state index is 5.47. The second kappa shape index (κ2) is 4.67. The Hall–Kier alpha value is -1.06. The van der Waals surface area contributed by atoms with Crippen molar-refractivity contribution in [3.05, 3.63) is 29.3 Å². The second-order valence-corrected chi connectivity index (χ2v) is 4.94. The average molecular weight is 235 g/mol. The highest BCUT2D eigenvalue weighted by Crippen LogP contribution is 2.37. The molecular weight excluding hydrogens is 214 g/mol. The molecule has 0 spiro atoms. The Bertz CT molecular complexity index is 392. The minimum atomic E-state index is -0.0732. The Labute approximate surface area is 103 Å². The molecule has 1 aromatic carbocycles. The standard InChI is InChI=1S/C14H21NO2/c1-10(2)11-5-6-13(16-4)12(7-11)14(15-3)8-17-9-14/h5-7,10,15H,8-9H2,1-4H3. The van der Waals surface area contributed by atoms with E-state index in [0.29, 0.717) is 19.1 Å². The lowest BCUT2D eigenvalue weighted by atomic mass is 9.85. The first-order chi connectivity index (χ1) is 8.13. The number of ether oxygens (including phenoxy) is 2. The smallest absolute Gasteiger partial charge is 0.124 e.